The predicted octanol–water partition coefficient (Wildman–Crippen LogP) is 6.64. The van der Waals surface area contributed by atoms with Gasteiger partial charge in [0, 0.05) is 87.4 Å². The Kier molecular flexibility index (Phi) is 8.26. The van der Waals surface area contributed by atoms with E-state index >= 15 is 0 Å². The molecule has 0 bridgehead atoms. The molecular formula is C36H47F2N7O3. The monoisotopic (exact) mass is 663 g/mol. The lowest BCUT2D eigenvalue weighted by Gasteiger charge is -2.52. The second-order valence-electron chi connectivity index (χ2n) is 15.4. The molecular weight excluding hydrogens is 616 g/mol. The summed E-state index contributed by atoms with van der Waals surface area (Å²) >= 11 is 0. The van der Waals surface area contributed by atoms with Crippen LogP contribution in [0.4, 0.5) is 25.1 Å². The summed E-state index contributed by atoms with van der Waals surface area (Å²) < 4.78 is 38.5. The Balaban J connectivity index is 1.14. The van der Waals surface area contributed by atoms with Gasteiger partial charge < -0.3 is 19.4 Å². The highest BCUT2D eigenvalue weighted by molar-refractivity contribution is 5.78. The number of benzene rings is 1. The van der Waals surface area contributed by atoms with E-state index in [9.17, 15) is 18.4 Å². The maximum absolute atomic E-state index is 14.6. The van der Waals surface area contributed by atoms with Crippen LogP contribution in [0.1, 0.15) is 88.6 Å². The maximum atomic E-state index is 14.6. The van der Waals surface area contributed by atoms with Gasteiger partial charge in [-0.25, -0.2) is 13.6 Å². The van der Waals surface area contributed by atoms with Crippen molar-refractivity contribution in [2.24, 2.45) is 18.4 Å². The van der Waals surface area contributed by atoms with Gasteiger partial charge in [-0.15, -0.1) is 0 Å². The molecule has 2 aromatic heterocycles. The standard InChI is InChI=1S/C36H47F2N7O3/c1-23(46)43-12-8-30-29(22-43)33(40-45(30)20-24-17-36(18-24)9-13-42(14-10-36)34(47)48-35(2,3)4)44-11-6-7-25-15-27(26-19-39-41(5)21-26)28(32(37)38)16-31(25)44/h15-16,19,21,24,32H,6-14,17-18,20,22H2,1-5H3. The highest BCUT2D eigenvalue weighted by atomic mass is 19.3. The fraction of sp³-hybridized carbons (Fsp3) is 0.611. The second-order valence-corrected chi connectivity index (χ2v) is 15.4. The molecule has 3 aromatic rings. The van der Waals surface area contributed by atoms with Gasteiger partial charge >= 0.3 is 6.09 Å². The quantitative estimate of drug-likeness (QED) is 0.304. The zero-order chi connectivity index (χ0) is 34.0. The Morgan fingerprint density at radius 1 is 1.06 bits per heavy atom. The first-order valence-corrected chi connectivity index (χ1v) is 17.3. The predicted molar refractivity (Wildman–Crippen MR) is 178 cm³/mol. The number of aromatic nitrogens is 4. The van der Waals surface area contributed by atoms with Crippen LogP contribution in [-0.4, -0.2) is 73.1 Å². The van der Waals surface area contributed by atoms with Crippen molar-refractivity contribution in [3.8, 4) is 11.1 Å². The fourth-order valence-electron chi connectivity index (χ4n) is 8.41. The zero-order valence-electron chi connectivity index (χ0n) is 28.8. The van der Waals surface area contributed by atoms with Gasteiger partial charge in [-0.3, -0.25) is 14.2 Å². The summed E-state index contributed by atoms with van der Waals surface area (Å²) in [5, 5.41) is 9.45. The van der Waals surface area contributed by atoms with Crippen molar-refractivity contribution < 1.29 is 23.1 Å². The molecule has 48 heavy (non-hydrogen) atoms. The molecule has 0 unspecified atom stereocenters. The molecule has 1 spiro atoms. The number of hydrogen-bond acceptors (Lipinski definition) is 6. The van der Waals surface area contributed by atoms with E-state index in [1.165, 1.54) is 0 Å². The summed E-state index contributed by atoms with van der Waals surface area (Å²) in [6.07, 6.45) is 7.08. The SMILES string of the molecule is CC(=O)N1CCc2c(c(N3CCCc4cc(-c5cnn(C)c5)c(C(F)F)cc43)nn2CC2CC3(CCN(C(=O)OC(C)(C)C)CC3)C2)C1. The smallest absolute Gasteiger partial charge is 0.410 e. The Morgan fingerprint density at radius 3 is 2.46 bits per heavy atom. The van der Waals surface area contributed by atoms with Gasteiger partial charge in [-0.05, 0) is 93.9 Å². The number of halogens is 2. The number of ether oxygens (including phenoxy) is 1. The zero-order valence-corrected chi connectivity index (χ0v) is 28.8. The van der Waals surface area contributed by atoms with Crippen molar-refractivity contribution in [2.45, 2.75) is 97.8 Å². The van der Waals surface area contributed by atoms with Crippen molar-refractivity contribution in [1.82, 2.24) is 29.4 Å². The summed E-state index contributed by atoms with van der Waals surface area (Å²) in [7, 11) is 1.79. The van der Waals surface area contributed by atoms with Crippen LogP contribution in [0.15, 0.2) is 24.5 Å². The van der Waals surface area contributed by atoms with Crippen molar-refractivity contribution in [3.63, 3.8) is 0 Å². The molecule has 2 fully saturated rings. The molecule has 258 valence electrons. The molecule has 10 nitrogen and oxygen atoms in total. The molecule has 7 rings (SSSR count). The first-order valence-electron chi connectivity index (χ1n) is 17.3. The summed E-state index contributed by atoms with van der Waals surface area (Å²) in [5.41, 5.74) is 4.92. The van der Waals surface area contributed by atoms with Crippen LogP contribution in [0, 0.1) is 11.3 Å². The molecule has 4 aliphatic rings. The maximum Gasteiger partial charge on any atom is 0.410 e. The van der Waals surface area contributed by atoms with E-state index < -0.39 is 12.0 Å². The topological polar surface area (TPSA) is 88.7 Å². The number of carbonyl (C=O) groups excluding carboxylic acids is 2. The largest absolute Gasteiger partial charge is 0.444 e. The lowest BCUT2D eigenvalue weighted by atomic mass is 9.57. The number of fused-ring (bicyclic) bond motifs is 2. The Hall–Kier alpha value is -3.96. The molecule has 0 atom stereocenters. The van der Waals surface area contributed by atoms with E-state index in [-0.39, 0.29) is 23.0 Å². The first kappa shape index (κ1) is 32.6. The van der Waals surface area contributed by atoms with Crippen LogP contribution >= 0.6 is 0 Å². The molecule has 2 amide bonds. The number of rotatable bonds is 5. The van der Waals surface area contributed by atoms with Crippen LogP contribution in [-0.2, 0) is 42.5 Å². The van der Waals surface area contributed by atoms with Gasteiger partial charge in [-0.2, -0.15) is 10.2 Å². The highest BCUT2D eigenvalue weighted by Gasteiger charge is 2.47. The normalized spacial score (nSPS) is 19.4. The van der Waals surface area contributed by atoms with E-state index in [4.69, 9.17) is 9.84 Å². The molecule has 1 aliphatic carbocycles. The Morgan fingerprint density at radius 2 is 1.81 bits per heavy atom. The average molecular weight is 664 g/mol. The average Bonchev–Trinajstić information content (AvgIpc) is 3.61. The molecule has 5 heterocycles. The number of hydrogen-bond donors (Lipinski definition) is 0. The molecule has 1 saturated heterocycles. The fourth-order valence-corrected chi connectivity index (χ4v) is 8.41. The molecule has 1 aromatic carbocycles. The summed E-state index contributed by atoms with van der Waals surface area (Å²) in [5.74, 6) is 1.28. The minimum atomic E-state index is -2.64. The van der Waals surface area contributed by atoms with E-state index in [0.29, 0.717) is 43.1 Å². The molecule has 1 saturated carbocycles. The van der Waals surface area contributed by atoms with Crippen LogP contribution < -0.4 is 4.90 Å². The van der Waals surface area contributed by atoms with Gasteiger partial charge in [0.2, 0.25) is 5.91 Å². The van der Waals surface area contributed by atoms with Crippen molar-refractivity contribution in [1.29, 1.82) is 0 Å². The van der Waals surface area contributed by atoms with Crippen molar-refractivity contribution in [3.05, 3.63) is 46.9 Å². The summed E-state index contributed by atoms with van der Waals surface area (Å²) in [6.45, 7) is 11.3. The van der Waals surface area contributed by atoms with E-state index in [1.54, 1.807) is 37.1 Å². The van der Waals surface area contributed by atoms with Gasteiger partial charge in [0.25, 0.3) is 6.43 Å². The Bertz CT molecular complexity index is 1710. The number of carbonyl (C=O) groups is 2. The summed E-state index contributed by atoms with van der Waals surface area (Å²) in [4.78, 5) is 30.9. The minimum absolute atomic E-state index is 0.00945. The second kappa shape index (κ2) is 12.2. The Labute approximate surface area is 281 Å². The van der Waals surface area contributed by atoms with Gasteiger partial charge in [0.05, 0.1) is 12.7 Å². The molecule has 12 heteroatoms. The van der Waals surface area contributed by atoms with Crippen molar-refractivity contribution >= 4 is 23.5 Å². The van der Waals surface area contributed by atoms with Gasteiger partial charge in [0.1, 0.15) is 5.60 Å². The number of likely N-dealkylation sites (tertiary alicyclic amines) is 1. The van der Waals surface area contributed by atoms with Crippen LogP contribution in [0.5, 0.6) is 0 Å². The van der Waals surface area contributed by atoms with Gasteiger partial charge in [-0.1, -0.05) is 0 Å². The van der Waals surface area contributed by atoms with E-state index in [2.05, 4.69) is 14.7 Å². The van der Waals surface area contributed by atoms with Gasteiger partial charge in [0.15, 0.2) is 5.82 Å². The minimum Gasteiger partial charge on any atom is -0.444 e. The highest BCUT2D eigenvalue weighted by Crippen LogP contribution is 2.53. The number of alkyl halides is 2. The third-order valence-electron chi connectivity index (χ3n) is 10.8. The molecule has 3 aliphatic heterocycles. The van der Waals surface area contributed by atoms with E-state index in [0.717, 1.165) is 86.5 Å². The van der Waals surface area contributed by atoms with Crippen LogP contribution in [0.2, 0.25) is 0 Å². The lowest BCUT2D eigenvalue weighted by Crippen LogP contribution is -2.50. The van der Waals surface area contributed by atoms with Crippen LogP contribution in [0.25, 0.3) is 11.1 Å². The number of aryl methyl sites for hydroxylation is 2. The number of piperidine rings is 1. The number of nitrogens with zero attached hydrogens (tertiary/aromatic N) is 7. The summed E-state index contributed by atoms with van der Waals surface area (Å²) in [6, 6.07) is 3.56. The number of amides is 2. The third-order valence-corrected chi connectivity index (χ3v) is 10.8. The third kappa shape index (κ3) is 6.18. The first-order chi connectivity index (χ1) is 22.8. The molecule has 0 radical (unpaired) electrons. The van der Waals surface area contributed by atoms with Crippen molar-refractivity contribution in [2.75, 3.05) is 31.1 Å². The number of anilines is 2. The van der Waals surface area contributed by atoms with E-state index in [1.807, 2.05) is 36.6 Å². The lowest BCUT2D eigenvalue weighted by molar-refractivity contribution is -0.129. The van der Waals surface area contributed by atoms with Crippen LogP contribution in [0.3, 0.4) is 0 Å². The molecule has 0 N–H and O–H groups in total.